The van der Waals surface area contributed by atoms with E-state index in [-0.39, 0.29) is 6.04 Å². The van der Waals surface area contributed by atoms with Crippen molar-refractivity contribution in [3.63, 3.8) is 0 Å². The first-order chi connectivity index (χ1) is 10.1. The van der Waals surface area contributed by atoms with Crippen molar-refractivity contribution in [1.82, 2.24) is 0 Å². The van der Waals surface area contributed by atoms with E-state index in [1.54, 1.807) is 18.9 Å². The molecule has 0 amide bonds. The molecule has 2 aromatic rings. The zero-order valence-corrected chi connectivity index (χ0v) is 13.0. The summed E-state index contributed by atoms with van der Waals surface area (Å²) >= 11 is 1.74. The molecule has 0 saturated carbocycles. The van der Waals surface area contributed by atoms with Crippen molar-refractivity contribution in [2.75, 3.05) is 7.11 Å². The molecule has 2 aromatic carbocycles. The second kappa shape index (κ2) is 7.16. The summed E-state index contributed by atoms with van der Waals surface area (Å²) in [6.45, 7) is 1.98. The number of benzene rings is 2. The highest BCUT2D eigenvalue weighted by Crippen LogP contribution is 2.26. The minimum atomic E-state index is 0.0591. The minimum Gasteiger partial charge on any atom is -0.495 e. The monoisotopic (exact) mass is 298 g/mol. The molecular formula is C17H18N2OS. The SMILES string of the molecule is COc1ccc(CSc2ccc(C(C)N)cc2)cc1C#N. The van der Waals surface area contributed by atoms with Crippen molar-refractivity contribution in [3.8, 4) is 11.8 Å². The molecule has 0 aliphatic heterocycles. The van der Waals surface area contributed by atoms with Crippen LogP contribution < -0.4 is 10.5 Å². The van der Waals surface area contributed by atoms with E-state index in [1.165, 1.54) is 4.90 Å². The maximum Gasteiger partial charge on any atom is 0.136 e. The van der Waals surface area contributed by atoms with Crippen LogP contribution in [0.25, 0.3) is 0 Å². The molecule has 0 aliphatic carbocycles. The minimum absolute atomic E-state index is 0.0591. The lowest BCUT2D eigenvalue weighted by molar-refractivity contribution is 0.413. The highest BCUT2D eigenvalue weighted by atomic mass is 32.2. The third-order valence-corrected chi connectivity index (χ3v) is 4.28. The van der Waals surface area contributed by atoms with Crippen molar-refractivity contribution in [2.45, 2.75) is 23.6 Å². The Labute approximate surface area is 129 Å². The molecule has 0 heterocycles. The number of hydrogen-bond acceptors (Lipinski definition) is 4. The fraction of sp³-hybridized carbons (Fsp3) is 0.235. The molecular weight excluding hydrogens is 280 g/mol. The second-order valence-electron chi connectivity index (χ2n) is 4.79. The Morgan fingerprint density at radius 1 is 1.24 bits per heavy atom. The summed E-state index contributed by atoms with van der Waals surface area (Å²) in [6, 6.07) is 16.2. The third kappa shape index (κ3) is 4.01. The van der Waals surface area contributed by atoms with E-state index in [0.717, 1.165) is 16.9 Å². The summed E-state index contributed by atoms with van der Waals surface area (Å²) in [7, 11) is 1.57. The maximum atomic E-state index is 9.09. The van der Waals surface area contributed by atoms with Gasteiger partial charge in [0, 0.05) is 16.7 Å². The van der Waals surface area contributed by atoms with Gasteiger partial charge in [0.15, 0.2) is 0 Å². The van der Waals surface area contributed by atoms with E-state index in [0.29, 0.717) is 11.3 Å². The molecule has 21 heavy (non-hydrogen) atoms. The number of hydrogen-bond donors (Lipinski definition) is 1. The number of ether oxygens (including phenoxy) is 1. The summed E-state index contributed by atoms with van der Waals surface area (Å²) in [5.74, 6) is 1.43. The van der Waals surface area contributed by atoms with Gasteiger partial charge in [0.25, 0.3) is 0 Å². The number of rotatable bonds is 5. The summed E-state index contributed by atoms with van der Waals surface area (Å²) in [5.41, 5.74) is 8.65. The quantitative estimate of drug-likeness (QED) is 0.851. The van der Waals surface area contributed by atoms with Crippen LogP contribution in [0.5, 0.6) is 5.75 Å². The normalized spacial score (nSPS) is 11.7. The lowest BCUT2D eigenvalue weighted by Gasteiger charge is -2.08. The Hall–Kier alpha value is -1.96. The number of nitrogens with two attached hydrogens (primary N) is 1. The average Bonchev–Trinajstić information content (AvgIpc) is 2.52. The molecule has 0 bridgehead atoms. The number of methoxy groups -OCH3 is 1. The molecule has 108 valence electrons. The van der Waals surface area contributed by atoms with Gasteiger partial charge in [-0.2, -0.15) is 5.26 Å². The third-order valence-electron chi connectivity index (χ3n) is 3.20. The van der Waals surface area contributed by atoms with E-state index in [4.69, 9.17) is 15.7 Å². The molecule has 1 atom stereocenters. The zero-order valence-electron chi connectivity index (χ0n) is 12.2. The van der Waals surface area contributed by atoms with Crippen LogP contribution in [0.3, 0.4) is 0 Å². The fourth-order valence-corrected chi connectivity index (χ4v) is 2.81. The van der Waals surface area contributed by atoms with Gasteiger partial charge in [-0.25, -0.2) is 0 Å². The van der Waals surface area contributed by atoms with Gasteiger partial charge < -0.3 is 10.5 Å². The van der Waals surface area contributed by atoms with Crippen LogP contribution in [0.4, 0.5) is 0 Å². The molecule has 0 aliphatic rings. The van der Waals surface area contributed by atoms with Gasteiger partial charge in [-0.1, -0.05) is 18.2 Å². The van der Waals surface area contributed by atoms with Gasteiger partial charge in [-0.15, -0.1) is 11.8 Å². The predicted octanol–water partition coefficient (Wildman–Crippen LogP) is 3.88. The summed E-state index contributed by atoms with van der Waals surface area (Å²) in [6.07, 6.45) is 0. The van der Waals surface area contributed by atoms with E-state index in [9.17, 15) is 0 Å². The van der Waals surface area contributed by atoms with Crippen LogP contribution in [0.1, 0.15) is 29.7 Å². The number of nitriles is 1. The molecule has 0 aromatic heterocycles. The predicted molar refractivity (Wildman–Crippen MR) is 86.3 cm³/mol. The summed E-state index contributed by atoms with van der Waals surface area (Å²) in [4.78, 5) is 1.19. The van der Waals surface area contributed by atoms with Gasteiger partial charge in [0.05, 0.1) is 12.7 Å². The Kier molecular flexibility index (Phi) is 5.26. The van der Waals surface area contributed by atoms with E-state index >= 15 is 0 Å². The lowest BCUT2D eigenvalue weighted by Crippen LogP contribution is -2.04. The van der Waals surface area contributed by atoms with Crippen LogP contribution >= 0.6 is 11.8 Å². The Balaban J connectivity index is 2.04. The van der Waals surface area contributed by atoms with E-state index in [1.807, 2.05) is 25.1 Å². The first-order valence-corrected chi connectivity index (χ1v) is 7.68. The smallest absolute Gasteiger partial charge is 0.136 e. The van der Waals surface area contributed by atoms with E-state index in [2.05, 4.69) is 30.3 Å². The fourth-order valence-electron chi connectivity index (χ4n) is 1.97. The molecule has 2 rings (SSSR count). The van der Waals surface area contributed by atoms with Crippen LogP contribution in [0, 0.1) is 11.3 Å². The maximum absolute atomic E-state index is 9.09. The molecule has 1 unspecified atom stereocenters. The average molecular weight is 298 g/mol. The van der Waals surface area contributed by atoms with Gasteiger partial charge in [-0.05, 0) is 42.3 Å². The van der Waals surface area contributed by atoms with Gasteiger partial charge in [-0.3, -0.25) is 0 Å². The molecule has 3 nitrogen and oxygen atoms in total. The number of thioether (sulfide) groups is 1. The van der Waals surface area contributed by atoms with Gasteiger partial charge in [0.1, 0.15) is 11.8 Å². The van der Waals surface area contributed by atoms with E-state index < -0.39 is 0 Å². The first-order valence-electron chi connectivity index (χ1n) is 6.69. The van der Waals surface area contributed by atoms with Gasteiger partial charge in [0.2, 0.25) is 0 Å². The molecule has 0 fully saturated rings. The molecule has 0 saturated heterocycles. The van der Waals surface area contributed by atoms with Crippen molar-refractivity contribution < 1.29 is 4.74 Å². The standard InChI is InChI=1S/C17H18N2OS/c1-12(19)14-4-6-16(7-5-14)21-11-13-3-8-17(20-2)15(9-13)10-18/h3-9,12H,11,19H2,1-2H3. The first kappa shape index (κ1) is 15.4. The van der Waals surface area contributed by atoms with Crippen molar-refractivity contribution in [2.24, 2.45) is 5.73 Å². The highest BCUT2D eigenvalue weighted by molar-refractivity contribution is 7.98. The van der Waals surface area contributed by atoms with Crippen LogP contribution in [-0.4, -0.2) is 7.11 Å². The van der Waals surface area contributed by atoms with Crippen LogP contribution in [0.15, 0.2) is 47.4 Å². The Bertz CT molecular complexity index is 645. The Morgan fingerprint density at radius 3 is 2.52 bits per heavy atom. The van der Waals surface area contributed by atoms with Crippen molar-refractivity contribution >= 4 is 11.8 Å². The van der Waals surface area contributed by atoms with Crippen molar-refractivity contribution in [3.05, 3.63) is 59.2 Å². The largest absolute Gasteiger partial charge is 0.495 e. The molecule has 4 heteroatoms. The van der Waals surface area contributed by atoms with Crippen LogP contribution in [-0.2, 0) is 5.75 Å². The molecule has 0 spiro atoms. The Morgan fingerprint density at radius 2 is 1.95 bits per heavy atom. The molecule has 2 N–H and O–H groups in total. The van der Waals surface area contributed by atoms with Crippen LogP contribution in [0.2, 0.25) is 0 Å². The van der Waals surface area contributed by atoms with Gasteiger partial charge >= 0.3 is 0 Å². The zero-order chi connectivity index (χ0) is 15.2. The summed E-state index contributed by atoms with van der Waals surface area (Å²) < 4.78 is 5.15. The molecule has 0 radical (unpaired) electrons. The highest BCUT2D eigenvalue weighted by Gasteiger charge is 2.05. The number of nitrogens with zero attached hydrogens (tertiary/aromatic N) is 1. The second-order valence-corrected chi connectivity index (χ2v) is 5.84. The summed E-state index contributed by atoms with van der Waals surface area (Å²) in [5, 5.41) is 9.09. The van der Waals surface area contributed by atoms with Crippen molar-refractivity contribution in [1.29, 1.82) is 5.26 Å². The topological polar surface area (TPSA) is 59.0 Å². The lowest BCUT2D eigenvalue weighted by atomic mass is 10.1.